The zero-order valence-corrected chi connectivity index (χ0v) is 14.0. The SMILES string of the molecule is CCC(CC)N(Cc1ccc(C#CCO)s1)CC(C)C. The maximum atomic E-state index is 8.74. The molecule has 20 heavy (non-hydrogen) atoms. The van der Waals surface area contributed by atoms with Gasteiger partial charge in [-0.15, -0.1) is 11.3 Å². The molecule has 112 valence electrons. The third-order valence-electron chi connectivity index (χ3n) is 3.37. The molecule has 1 aromatic rings. The van der Waals surface area contributed by atoms with Crippen LogP contribution < -0.4 is 0 Å². The van der Waals surface area contributed by atoms with Crippen molar-refractivity contribution >= 4 is 11.3 Å². The zero-order valence-electron chi connectivity index (χ0n) is 13.1. The Kier molecular flexibility index (Phi) is 7.91. The van der Waals surface area contributed by atoms with Gasteiger partial charge in [-0.25, -0.2) is 0 Å². The summed E-state index contributed by atoms with van der Waals surface area (Å²) in [4.78, 5) is 5.00. The molecular weight excluding hydrogens is 266 g/mol. The minimum absolute atomic E-state index is 0.0690. The number of aliphatic hydroxyl groups is 1. The van der Waals surface area contributed by atoms with Crippen molar-refractivity contribution < 1.29 is 5.11 Å². The van der Waals surface area contributed by atoms with E-state index in [0.717, 1.165) is 18.0 Å². The maximum Gasteiger partial charge on any atom is 0.104 e. The fraction of sp³-hybridized carbons (Fsp3) is 0.647. The highest BCUT2D eigenvalue weighted by atomic mass is 32.1. The number of aliphatic hydroxyl groups excluding tert-OH is 1. The molecule has 0 radical (unpaired) electrons. The molecule has 0 aromatic carbocycles. The van der Waals surface area contributed by atoms with Crippen LogP contribution >= 0.6 is 11.3 Å². The van der Waals surface area contributed by atoms with E-state index in [0.29, 0.717) is 12.0 Å². The van der Waals surface area contributed by atoms with Crippen molar-refractivity contribution in [3.05, 3.63) is 21.9 Å². The van der Waals surface area contributed by atoms with E-state index >= 15 is 0 Å². The minimum atomic E-state index is -0.0690. The lowest BCUT2D eigenvalue weighted by molar-refractivity contribution is 0.159. The molecule has 0 saturated heterocycles. The summed E-state index contributed by atoms with van der Waals surface area (Å²) in [7, 11) is 0. The summed E-state index contributed by atoms with van der Waals surface area (Å²) in [5.41, 5.74) is 0. The van der Waals surface area contributed by atoms with Crippen molar-refractivity contribution in [1.29, 1.82) is 0 Å². The molecule has 0 amide bonds. The van der Waals surface area contributed by atoms with Gasteiger partial charge < -0.3 is 5.11 Å². The highest BCUT2D eigenvalue weighted by molar-refractivity contribution is 7.12. The summed E-state index contributed by atoms with van der Waals surface area (Å²) >= 11 is 1.74. The fourth-order valence-corrected chi connectivity index (χ4v) is 3.38. The molecule has 2 nitrogen and oxygen atoms in total. The second-order valence-corrected chi connectivity index (χ2v) is 6.69. The molecule has 0 saturated carbocycles. The number of thiophene rings is 1. The molecule has 1 heterocycles. The van der Waals surface area contributed by atoms with Crippen molar-refractivity contribution in [2.75, 3.05) is 13.2 Å². The zero-order chi connectivity index (χ0) is 15.0. The van der Waals surface area contributed by atoms with Gasteiger partial charge in [0.15, 0.2) is 0 Å². The molecule has 3 heteroatoms. The molecule has 0 aliphatic carbocycles. The quantitative estimate of drug-likeness (QED) is 0.774. The third kappa shape index (κ3) is 5.66. The predicted octanol–water partition coefficient (Wildman–Crippen LogP) is 3.74. The van der Waals surface area contributed by atoms with Gasteiger partial charge >= 0.3 is 0 Å². The van der Waals surface area contributed by atoms with E-state index < -0.39 is 0 Å². The Morgan fingerprint density at radius 2 is 1.95 bits per heavy atom. The van der Waals surface area contributed by atoms with Crippen LogP contribution in [0.5, 0.6) is 0 Å². The van der Waals surface area contributed by atoms with E-state index in [4.69, 9.17) is 5.11 Å². The minimum Gasteiger partial charge on any atom is -0.384 e. The van der Waals surface area contributed by atoms with Gasteiger partial charge in [0.05, 0.1) is 4.88 Å². The Balaban J connectivity index is 2.75. The number of hydrogen-bond donors (Lipinski definition) is 1. The van der Waals surface area contributed by atoms with Crippen LogP contribution in [0.2, 0.25) is 0 Å². The normalized spacial score (nSPS) is 11.2. The first-order chi connectivity index (χ1) is 9.60. The first kappa shape index (κ1) is 17.2. The molecule has 0 atom stereocenters. The van der Waals surface area contributed by atoms with Crippen LogP contribution in [-0.4, -0.2) is 29.2 Å². The Bertz CT molecular complexity index is 437. The molecule has 0 bridgehead atoms. The summed E-state index contributed by atoms with van der Waals surface area (Å²) in [5.74, 6) is 6.38. The van der Waals surface area contributed by atoms with Gasteiger partial charge in [0.1, 0.15) is 6.61 Å². The number of hydrogen-bond acceptors (Lipinski definition) is 3. The molecule has 1 aromatic heterocycles. The van der Waals surface area contributed by atoms with Gasteiger partial charge in [0, 0.05) is 24.0 Å². The maximum absolute atomic E-state index is 8.74. The second kappa shape index (κ2) is 9.18. The lowest BCUT2D eigenvalue weighted by Crippen LogP contribution is -2.36. The van der Waals surface area contributed by atoms with E-state index in [-0.39, 0.29) is 6.61 Å². The van der Waals surface area contributed by atoms with Crippen molar-refractivity contribution in [3.63, 3.8) is 0 Å². The van der Waals surface area contributed by atoms with Crippen LogP contribution in [0.4, 0.5) is 0 Å². The van der Waals surface area contributed by atoms with Gasteiger partial charge in [0.25, 0.3) is 0 Å². The molecule has 0 aliphatic rings. The fourth-order valence-electron chi connectivity index (χ4n) is 2.47. The van der Waals surface area contributed by atoms with Crippen LogP contribution in [0, 0.1) is 17.8 Å². The molecule has 1 rings (SSSR count). The van der Waals surface area contributed by atoms with E-state index in [1.807, 2.05) is 0 Å². The molecule has 0 spiro atoms. The molecule has 0 aliphatic heterocycles. The summed E-state index contributed by atoms with van der Waals surface area (Å²) in [6.45, 7) is 11.2. The molecule has 1 N–H and O–H groups in total. The first-order valence-corrected chi connectivity index (χ1v) is 8.34. The predicted molar refractivity (Wildman–Crippen MR) is 87.9 cm³/mol. The van der Waals surface area contributed by atoms with Crippen molar-refractivity contribution in [1.82, 2.24) is 4.90 Å². The Morgan fingerprint density at radius 3 is 2.50 bits per heavy atom. The lowest BCUT2D eigenvalue weighted by atomic mass is 10.1. The van der Waals surface area contributed by atoms with Crippen molar-refractivity contribution in [3.8, 4) is 11.8 Å². The standard InChI is InChI=1S/C17H27NOS/c1-5-15(6-2)18(12-14(3)4)13-17-10-9-16(20-17)8-7-11-19/h9-10,14-15,19H,5-6,11-13H2,1-4H3. The average Bonchev–Trinajstić information content (AvgIpc) is 2.84. The van der Waals surface area contributed by atoms with Crippen LogP contribution in [0.3, 0.4) is 0 Å². The van der Waals surface area contributed by atoms with Gasteiger partial charge in [-0.05, 0) is 30.9 Å². The summed E-state index contributed by atoms with van der Waals surface area (Å²) in [6, 6.07) is 4.89. The number of nitrogens with zero attached hydrogens (tertiary/aromatic N) is 1. The Hall–Kier alpha value is -0.820. The van der Waals surface area contributed by atoms with Gasteiger partial charge in [0.2, 0.25) is 0 Å². The molecular formula is C17H27NOS. The van der Waals surface area contributed by atoms with Gasteiger partial charge in [-0.2, -0.15) is 0 Å². The molecule has 0 unspecified atom stereocenters. The molecule has 0 fully saturated rings. The summed E-state index contributed by atoms with van der Waals surface area (Å²) < 4.78 is 0. The highest BCUT2D eigenvalue weighted by Crippen LogP contribution is 2.21. The van der Waals surface area contributed by atoms with Crippen LogP contribution in [0.25, 0.3) is 0 Å². The van der Waals surface area contributed by atoms with Gasteiger partial charge in [-0.1, -0.05) is 39.5 Å². The van der Waals surface area contributed by atoms with E-state index in [2.05, 4.69) is 56.6 Å². The van der Waals surface area contributed by atoms with E-state index in [1.165, 1.54) is 17.7 Å². The topological polar surface area (TPSA) is 23.5 Å². The van der Waals surface area contributed by atoms with Crippen LogP contribution in [-0.2, 0) is 6.54 Å². The highest BCUT2D eigenvalue weighted by Gasteiger charge is 2.17. The Labute approximate surface area is 127 Å². The van der Waals surface area contributed by atoms with Gasteiger partial charge in [-0.3, -0.25) is 4.90 Å². The lowest BCUT2D eigenvalue weighted by Gasteiger charge is -2.31. The summed E-state index contributed by atoms with van der Waals surface area (Å²) in [6.07, 6.45) is 2.40. The summed E-state index contributed by atoms with van der Waals surface area (Å²) in [5, 5.41) is 8.74. The van der Waals surface area contributed by atoms with E-state index in [9.17, 15) is 0 Å². The van der Waals surface area contributed by atoms with Crippen molar-refractivity contribution in [2.45, 2.75) is 53.1 Å². The third-order valence-corrected chi connectivity index (χ3v) is 4.36. The monoisotopic (exact) mass is 293 g/mol. The first-order valence-electron chi connectivity index (χ1n) is 7.53. The smallest absolute Gasteiger partial charge is 0.104 e. The van der Waals surface area contributed by atoms with Crippen LogP contribution in [0.1, 0.15) is 50.3 Å². The second-order valence-electron chi connectivity index (χ2n) is 5.52. The Morgan fingerprint density at radius 1 is 1.25 bits per heavy atom. The van der Waals surface area contributed by atoms with E-state index in [1.54, 1.807) is 11.3 Å². The average molecular weight is 293 g/mol. The van der Waals surface area contributed by atoms with Crippen molar-refractivity contribution in [2.24, 2.45) is 5.92 Å². The van der Waals surface area contributed by atoms with Crippen LogP contribution in [0.15, 0.2) is 12.1 Å². The number of rotatable bonds is 7. The largest absolute Gasteiger partial charge is 0.384 e.